The van der Waals surface area contributed by atoms with Crippen molar-refractivity contribution < 1.29 is 28.5 Å². The molecule has 0 saturated heterocycles. The number of ether oxygens (including phenoxy) is 4. The van der Waals surface area contributed by atoms with Crippen molar-refractivity contribution in [3.05, 3.63) is 81.2 Å². The standard InChI is InChI=1S/C27H26ClNO6/c1-15-24(27(31)33-10-9-32-2)25(16-7-8-22-23(13-16)35-14-34-22)26-20(29-15)11-17(12-21(26)30)18-5-3-4-6-19(18)28/h3-8,13,17,25,29H,9-12,14H2,1-2H3/t17-,25+/m0/s1. The van der Waals surface area contributed by atoms with Crippen LogP contribution in [0.2, 0.25) is 5.02 Å². The number of hydrogen-bond acceptors (Lipinski definition) is 7. The van der Waals surface area contributed by atoms with E-state index in [9.17, 15) is 9.59 Å². The highest BCUT2D eigenvalue weighted by atomic mass is 35.5. The molecular formula is C27H26ClNO6. The molecular weight excluding hydrogens is 470 g/mol. The van der Waals surface area contributed by atoms with E-state index in [1.54, 1.807) is 7.11 Å². The predicted octanol–water partition coefficient (Wildman–Crippen LogP) is 4.62. The maximum atomic E-state index is 13.7. The second-order valence-electron chi connectivity index (χ2n) is 8.78. The summed E-state index contributed by atoms with van der Waals surface area (Å²) in [5.74, 6) is 0.0716. The molecule has 35 heavy (non-hydrogen) atoms. The van der Waals surface area contributed by atoms with Gasteiger partial charge in [-0.2, -0.15) is 0 Å². The Hall–Kier alpha value is -3.29. The summed E-state index contributed by atoms with van der Waals surface area (Å²) in [4.78, 5) is 26.9. The number of dihydropyridines is 1. The molecule has 1 N–H and O–H groups in total. The summed E-state index contributed by atoms with van der Waals surface area (Å²) in [5, 5.41) is 3.99. The van der Waals surface area contributed by atoms with E-state index in [0.717, 1.165) is 16.8 Å². The zero-order valence-electron chi connectivity index (χ0n) is 19.6. The summed E-state index contributed by atoms with van der Waals surface area (Å²) < 4.78 is 21.6. The normalized spacial score (nSPS) is 21.1. The lowest BCUT2D eigenvalue weighted by Crippen LogP contribution is -2.36. The van der Waals surface area contributed by atoms with Crippen LogP contribution in [0.3, 0.4) is 0 Å². The minimum Gasteiger partial charge on any atom is -0.460 e. The van der Waals surface area contributed by atoms with Gasteiger partial charge in [-0.05, 0) is 48.6 Å². The number of halogens is 1. The molecule has 2 atom stereocenters. The van der Waals surface area contributed by atoms with Gasteiger partial charge in [0.05, 0.1) is 12.2 Å². The van der Waals surface area contributed by atoms with Crippen molar-refractivity contribution in [1.29, 1.82) is 0 Å². The number of methoxy groups -OCH3 is 1. The molecule has 2 aromatic carbocycles. The lowest BCUT2D eigenvalue weighted by molar-refractivity contribution is -0.140. The van der Waals surface area contributed by atoms with Crippen LogP contribution in [0.25, 0.3) is 0 Å². The fraction of sp³-hybridized carbons (Fsp3) is 0.333. The molecule has 0 unspecified atom stereocenters. The number of fused-ring (bicyclic) bond motifs is 1. The number of nitrogens with one attached hydrogen (secondary N) is 1. The van der Waals surface area contributed by atoms with Gasteiger partial charge in [0.2, 0.25) is 6.79 Å². The van der Waals surface area contributed by atoms with E-state index in [4.69, 9.17) is 30.5 Å². The Kier molecular flexibility index (Phi) is 6.54. The third-order valence-electron chi connectivity index (χ3n) is 6.64. The number of benzene rings is 2. The van der Waals surface area contributed by atoms with Gasteiger partial charge in [0.15, 0.2) is 17.3 Å². The Bertz CT molecular complexity index is 1250. The summed E-state index contributed by atoms with van der Waals surface area (Å²) in [7, 11) is 1.54. The molecule has 0 fully saturated rings. The van der Waals surface area contributed by atoms with Crippen LogP contribution in [0.1, 0.15) is 42.7 Å². The van der Waals surface area contributed by atoms with Crippen molar-refractivity contribution in [3.63, 3.8) is 0 Å². The van der Waals surface area contributed by atoms with Gasteiger partial charge in [0.25, 0.3) is 0 Å². The minimum atomic E-state index is -0.588. The van der Waals surface area contributed by atoms with Crippen molar-refractivity contribution in [2.75, 3.05) is 27.1 Å². The molecule has 0 aromatic heterocycles. The number of ketones is 1. The first-order valence-corrected chi connectivity index (χ1v) is 11.9. The number of carbonyl (C=O) groups is 2. The van der Waals surface area contributed by atoms with Gasteiger partial charge in [0.1, 0.15) is 6.61 Å². The molecule has 1 aliphatic carbocycles. The van der Waals surface area contributed by atoms with Crippen molar-refractivity contribution in [2.45, 2.75) is 31.6 Å². The second kappa shape index (κ2) is 9.76. The van der Waals surface area contributed by atoms with Crippen LogP contribution in [0, 0.1) is 0 Å². The van der Waals surface area contributed by atoms with Crippen LogP contribution in [-0.4, -0.2) is 38.9 Å². The maximum absolute atomic E-state index is 13.7. The highest BCUT2D eigenvalue weighted by Crippen LogP contribution is 2.48. The number of carbonyl (C=O) groups excluding carboxylic acids is 2. The molecule has 0 radical (unpaired) electrons. The summed E-state index contributed by atoms with van der Waals surface area (Å²) >= 11 is 6.46. The molecule has 7 nitrogen and oxygen atoms in total. The lowest BCUT2D eigenvalue weighted by Gasteiger charge is -2.37. The summed E-state index contributed by atoms with van der Waals surface area (Å²) in [6.07, 6.45) is 0.908. The van der Waals surface area contributed by atoms with E-state index in [1.807, 2.05) is 49.4 Å². The van der Waals surface area contributed by atoms with Gasteiger partial charge >= 0.3 is 5.97 Å². The van der Waals surface area contributed by atoms with Crippen LogP contribution in [0.15, 0.2) is 65.0 Å². The second-order valence-corrected chi connectivity index (χ2v) is 9.19. The molecule has 0 bridgehead atoms. The topological polar surface area (TPSA) is 83.1 Å². The van der Waals surface area contributed by atoms with Crippen LogP contribution >= 0.6 is 11.6 Å². The van der Waals surface area contributed by atoms with Crippen molar-refractivity contribution in [2.24, 2.45) is 0 Å². The third kappa shape index (κ3) is 4.42. The quantitative estimate of drug-likeness (QED) is 0.462. The number of Topliss-reactive ketones (excluding diaryl/α,β-unsaturated/α-hetero) is 1. The Labute approximate surface area is 208 Å². The van der Waals surface area contributed by atoms with E-state index in [2.05, 4.69) is 5.32 Å². The average Bonchev–Trinajstić information content (AvgIpc) is 3.31. The van der Waals surface area contributed by atoms with Crippen LogP contribution in [0.4, 0.5) is 0 Å². The molecule has 2 heterocycles. The van der Waals surface area contributed by atoms with E-state index in [0.29, 0.717) is 46.2 Å². The maximum Gasteiger partial charge on any atom is 0.336 e. The zero-order chi connectivity index (χ0) is 24.5. The number of rotatable bonds is 6. The number of hydrogen-bond donors (Lipinski definition) is 1. The number of allylic oxidation sites excluding steroid dienone is 3. The van der Waals surface area contributed by atoms with E-state index in [1.165, 1.54) is 0 Å². The highest BCUT2D eigenvalue weighted by Gasteiger charge is 2.42. The molecule has 8 heteroatoms. The van der Waals surface area contributed by atoms with Gasteiger partial charge in [-0.1, -0.05) is 35.9 Å². The molecule has 5 rings (SSSR count). The van der Waals surface area contributed by atoms with Crippen LogP contribution < -0.4 is 14.8 Å². The van der Waals surface area contributed by atoms with Gasteiger partial charge in [-0.15, -0.1) is 0 Å². The molecule has 0 spiro atoms. The Balaban J connectivity index is 1.57. The van der Waals surface area contributed by atoms with Crippen molar-refractivity contribution >= 4 is 23.4 Å². The molecule has 182 valence electrons. The first-order chi connectivity index (χ1) is 17.0. The fourth-order valence-electron chi connectivity index (χ4n) is 5.06. The Morgan fingerprint density at radius 3 is 2.71 bits per heavy atom. The van der Waals surface area contributed by atoms with Crippen molar-refractivity contribution in [1.82, 2.24) is 5.32 Å². The van der Waals surface area contributed by atoms with E-state index >= 15 is 0 Å². The molecule has 0 saturated carbocycles. The summed E-state index contributed by atoms with van der Waals surface area (Å²) in [6.45, 7) is 2.37. The van der Waals surface area contributed by atoms with Crippen LogP contribution in [-0.2, 0) is 19.1 Å². The largest absolute Gasteiger partial charge is 0.460 e. The van der Waals surface area contributed by atoms with E-state index < -0.39 is 11.9 Å². The molecule has 3 aliphatic rings. The monoisotopic (exact) mass is 495 g/mol. The van der Waals surface area contributed by atoms with Crippen molar-refractivity contribution in [3.8, 4) is 11.5 Å². The highest BCUT2D eigenvalue weighted by molar-refractivity contribution is 6.31. The van der Waals surface area contributed by atoms with Gasteiger partial charge in [-0.3, -0.25) is 4.79 Å². The van der Waals surface area contributed by atoms with Gasteiger partial charge < -0.3 is 24.3 Å². The van der Waals surface area contributed by atoms with Crippen LogP contribution in [0.5, 0.6) is 11.5 Å². The average molecular weight is 496 g/mol. The first kappa shape index (κ1) is 23.5. The van der Waals surface area contributed by atoms with Gasteiger partial charge in [-0.25, -0.2) is 4.79 Å². The number of esters is 1. The SMILES string of the molecule is COCCOC(=O)C1=C(C)NC2=C(C(=O)C[C@@H](c3ccccc3Cl)C2)[C@@H]1c1ccc2c(c1)OCO2. The molecule has 2 aromatic rings. The fourth-order valence-corrected chi connectivity index (χ4v) is 5.35. The third-order valence-corrected chi connectivity index (χ3v) is 6.99. The first-order valence-electron chi connectivity index (χ1n) is 11.5. The summed E-state index contributed by atoms with van der Waals surface area (Å²) in [6, 6.07) is 13.1. The lowest BCUT2D eigenvalue weighted by atomic mass is 9.71. The zero-order valence-corrected chi connectivity index (χ0v) is 20.3. The minimum absolute atomic E-state index is 0.0268. The summed E-state index contributed by atoms with van der Waals surface area (Å²) in [5.41, 5.74) is 4.16. The Morgan fingerprint density at radius 2 is 1.91 bits per heavy atom. The smallest absolute Gasteiger partial charge is 0.336 e. The van der Waals surface area contributed by atoms with E-state index in [-0.39, 0.29) is 31.7 Å². The molecule has 2 aliphatic heterocycles. The predicted molar refractivity (Wildman–Crippen MR) is 129 cm³/mol. The van der Waals surface area contributed by atoms with Gasteiger partial charge in [0, 0.05) is 41.4 Å². The molecule has 0 amide bonds. The Morgan fingerprint density at radius 1 is 1.11 bits per heavy atom.